The van der Waals surface area contributed by atoms with Crippen molar-refractivity contribution in [1.29, 1.82) is 0 Å². The van der Waals surface area contributed by atoms with Gasteiger partial charge in [-0.1, -0.05) is 5.16 Å². The maximum Gasteiger partial charge on any atom is 0.251 e. The highest BCUT2D eigenvalue weighted by molar-refractivity contribution is 7.99. The molecule has 0 aliphatic heterocycles. The molecule has 2 rings (SSSR count). The number of hydrogen-bond donors (Lipinski definition) is 3. The second-order valence-corrected chi connectivity index (χ2v) is 4.46. The molecule has 0 aromatic carbocycles. The second kappa shape index (κ2) is 5.48. The molecule has 0 saturated carbocycles. The lowest BCUT2D eigenvalue weighted by atomic mass is 10.3. The first-order valence-electron chi connectivity index (χ1n) is 5.15. The van der Waals surface area contributed by atoms with E-state index in [0.29, 0.717) is 21.7 Å². The smallest absolute Gasteiger partial charge is 0.251 e. The molecule has 0 amide bonds. The molecule has 0 spiro atoms. The van der Waals surface area contributed by atoms with E-state index in [-0.39, 0.29) is 11.4 Å². The van der Waals surface area contributed by atoms with Gasteiger partial charge in [0.1, 0.15) is 5.69 Å². The Morgan fingerprint density at radius 2 is 2.32 bits per heavy atom. The Balaban J connectivity index is 2.35. The summed E-state index contributed by atoms with van der Waals surface area (Å²) in [6.45, 7) is 1.75. The van der Waals surface area contributed by atoms with E-state index in [9.17, 15) is 4.79 Å². The van der Waals surface area contributed by atoms with Gasteiger partial charge in [-0.25, -0.2) is 15.0 Å². The SMILES string of the molecule is Cc1cc(/C(N)=N/O)nc(Sc2nccc(=O)[nH]2)n1. The van der Waals surface area contributed by atoms with E-state index in [0.717, 1.165) is 11.8 Å². The largest absolute Gasteiger partial charge is 0.409 e. The van der Waals surface area contributed by atoms with Crippen molar-refractivity contribution in [2.45, 2.75) is 17.2 Å². The first-order chi connectivity index (χ1) is 9.08. The van der Waals surface area contributed by atoms with Gasteiger partial charge in [0.25, 0.3) is 5.56 Å². The molecule has 0 atom stereocenters. The number of rotatable bonds is 3. The van der Waals surface area contributed by atoms with Crippen molar-refractivity contribution in [3.63, 3.8) is 0 Å². The second-order valence-electron chi connectivity index (χ2n) is 3.50. The van der Waals surface area contributed by atoms with Gasteiger partial charge in [-0.05, 0) is 24.8 Å². The fourth-order valence-corrected chi connectivity index (χ4v) is 2.03. The third-order valence-corrected chi connectivity index (χ3v) is 2.81. The van der Waals surface area contributed by atoms with Gasteiger partial charge in [-0.3, -0.25) is 4.79 Å². The number of nitrogens with one attached hydrogen (secondary N) is 1. The molecule has 98 valence electrons. The van der Waals surface area contributed by atoms with Gasteiger partial charge < -0.3 is 15.9 Å². The zero-order valence-electron chi connectivity index (χ0n) is 9.86. The van der Waals surface area contributed by atoms with Crippen LogP contribution in [0.25, 0.3) is 0 Å². The van der Waals surface area contributed by atoms with E-state index in [2.05, 4.69) is 25.1 Å². The maximum absolute atomic E-state index is 11.1. The van der Waals surface area contributed by atoms with Crippen LogP contribution in [-0.2, 0) is 0 Å². The Labute approximate surface area is 111 Å². The number of nitrogens with zero attached hydrogens (tertiary/aromatic N) is 4. The molecule has 0 radical (unpaired) electrons. The summed E-state index contributed by atoms with van der Waals surface area (Å²) in [5, 5.41) is 12.2. The number of hydrogen-bond acceptors (Lipinski definition) is 7. The number of nitrogens with two attached hydrogens (primary N) is 1. The molecule has 19 heavy (non-hydrogen) atoms. The van der Waals surface area contributed by atoms with Crippen LogP contribution in [0.5, 0.6) is 0 Å². The van der Waals surface area contributed by atoms with Gasteiger partial charge in [0, 0.05) is 18.0 Å². The summed E-state index contributed by atoms with van der Waals surface area (Å²) in [6.07, 6.45) is 1.39. The summed E-state index contributed by atoms with van der Waals surface area (Å²) in [5.74, 6) is -0.109. The molecular formula is C10H10N6O2S. The van der Waals surface area contributed by atoms with E-state index in [4.69, 9.17) is 10.9 Å². The molecule has 8 nitrogen and oxygen atoms in total. The topological polar surface area (TPSA) is 130 Å². The lowest BCUT2D eigenvalue weighted by Crippen LogP contribution is -2.16. The summed E-state index contributed by atoms with van der Waals surface area (Å²) < 4.78 is 0. The Hall–Kier alpha value is -2.42. The minimum Gasteiger partial charge on any atom is -0.409 e. The van der Waals surface area contributed by atoms with Crippen molar-refractivity contribution in [3.05, 3.63) is 40.1 Å². The van der Waals surface area contributed by atoms with Crippen molar-refractivity contribution in [1.82, 2.24) is 19.9 Å². The monoisotopic (exact) mass is 278 g/mol. The molecule has 0 bridgehead atoms. The Kier molecular flexibility index (Phi) is 3.76. The predicted molar refractivity (Wildman–Crippen MR) is 68.3 cm³/mol. The lowest BCUT2D eigenvalue weighted by molar-refractivity contribution is 0.318. The number of aryl methyl sites for hydroxylation is 1. The number of aromatic amines is 1. The molecule has 0 aliphatic rings. The normalized spacial score (nSPS) is 11.5. The summed E-state index contributed by atoms with van der Waals surface area (Å²) >= 11 is 1.08. The summed E-state index contributed by atoms with van der Waals surface area (Å²) in [7, 11) is 0. The van der Waals surface area contributed by atoms with Gasteiger partial charge in [0.05, 0.1) is 0 Å². The van der Waals surface area contributed by atoms with Crippen LogP contribution in [0.1, 0.15) is 11.4 Å². The van der Waals surface area contributed by atoms with Gasteiger partial charge in [-0.15, -0.1) is 0 Å². The molecule has 2 aromatic heterocycles. The van der Waals surface area contributed by atoms with Crippen LogP contribution in [0.4, 0.5) is 0 Å². The summed E-state index contributed by atoms with van der Waals surface area (Å²) in [5.41, 5.74) is 6.17. The van der Waals surface area contributed by atoms with E-state index in [1.54, 1.807) is 13.0 Å². The van der Waals surface area contributed by atoms with Crippen LogP contribution < -0.4 is 11.3 Å². The Morgan fingerprint density at radius 1 is 1.53 bits per heavy atom. The zero-order valence-corrected chi connectivity index (χ0v) is 10.7. The van der Waals surface area contributed by atoms with Crippen molar-refractivity contribution in [3.8, 4) is 0 Å². The molecule has 2 aromatic rings. The molecular weight excluding hydrogens is 268 g/mol. The quantitative estimate of drug-likeness (QED) is 0.239. The average Bonchev–Trinajstić information content (AvgIpc) is 2.37. The predicted octanol–water partition coefficient (Wildman–Crippen LogP) is 0.114. The van der Waals surface area contributed by atoms with E-state index >= 15 is 0 Å². The molecule has 9 heteroatoms. The first kappa shape index (κ1) is 13.0. The van der Waals surface area contributed by atoms with Gasteiger partial charge in [-0.2, -0.15) is 0 Å². The molecule has 0 fully saturated rings. The highest BCUT2D eigenvalue weighted by Gasteiger charge is 2.08. The minimum absolute atomic E-state index is 0.109. The van der Waals surface area contributed by atoms with Crippen LogP contribution in [-0.4, -0.2) is 31.0 Å². The van der Waals surface area contributed by atoms with Crippen LogP contribution >= 0.6 is 11.8 Å². The van der Waals surface area contributed by atoms with Crippen molar-refractivity contribution in [2.24, 2.45) is 10.9 Å². The minimum atomic E-state index is -0.262. The lowest BCUT2D eigenvalue weighted by Gasteiger charge is -2.03. The molecule has 0 unspecified atom stereocenters. The standard InChI is InChI=1S/C10H10N6O2S/c1-5-4-6(8(11)16-18)14-10(13-5)19-9-12-3-2-7(17)15-9/h2-4,18H,1H3,(H2,11,16)(H,12,15,17). The average molecular weight is 278 g/mol. The molecule has 2 heterocycles. The van der Waals surface area contributed by atoms with Gasteiger partial charge in [0.2, 0.25) is 0 Å². The number of oxime groups is 1. The van der Waals surface area contributed by atoms with Crippen LogP contribution in [0, 0.1) is 6.92 Å². The van der Waals surface area contributed by atoms with Crippen LogP contribution in [0.3, 0.4) is 0 Å². The van der Waals surface area contributed by atoms with E-state index < -0.39 is 0 Å². The molecule has 4 N–H and O–H groups in total. The highest BCUT2D eigenvalue weighted by atomic mass is 32.2. The van der Waals surface area contributed by atoms with Gasteiger partial charge in [0.15, 0.2) is 16.1 Å². The number of amidine groups is 1. The third kappa shape index (κ3) is 3.28. The fourth-order valence-electron chi connectivity index (χ4n) is 1.26. The third-order valence-electron chi connectivity index (χ3n) is 2.04. The van der Waals surface area contributed by atoms with Crippen LogP contribution in [0.2, 0.25) is 0 Å². The van der Waals surface area contributed by atoms with Gasteiger partial charge >= 0.3 is 0 Å². The Morgan fingerprint density at radius 3 is 3.00 bits per heavy atom. The summed E-state index contributed by atoms with van der Waals surface area (Å²) in [4.78, 5) is 25.9. The zero-order chi connectivity index (χ0) is 13.8. The number of aromatic nitrogens is 4. The van der Waals surface area contributed by atoms with Crippen molar-refractivity contribution < 1.29 is 5.21 Å². The van der Waals surface area contributed by atoms with Crippen molar-refractivity contribution in [2.75, 3.05) is 0 Å². The number of H-pyrrole nitrogens is 1. The first-order valence-corrected chi connectivity index (χ1v) is 5.97. The molecule has 0 saturated heterocycles. The Bertz CT molecular complexity index is 684. The van der Waals surface area contributed by atoms with E-state index in [1.807, 2.05) is 0 Å². The van der Waals surface area contributed by atoms with E-state index in [1.165, 1.54) is 12.3 Å². The fraction of sp³-hybridized carbons (Fsp3) is 0.100. The maximum atomic E-state index is 11.1. The highest BCUT2D eigenvalue weighted by Crippen LogP contribution is 2.20. The van der Waals surface area contributed by atoms with Crippen molar-refractivity contribution >= 4 is 17.6 Å². The van der Waals surface area contributed by atoms with Crippen LogP contribution in [0.15, 0.2) is 38.6 Å². The summed E-state index contributed by atoms with van der Waals surface area (Å²) in [6, 6.07) is 2.89. The molecule has 0 aliphatic carbocycles.